The summed E-state index contributed by atoms with van der Waals surface area (Å²) >= 11 is 0. The lowest BCUT2D eigenvalue weighted by Crippen LogP contribution is -2.47. The molecule has 1 fully saturated rings. The Morgan fingerprint density at radius 3 is 2.10 bits per heavy atom. The van der Waals surface area contributed by atoms with E-state index >= 15 is 0 Å². The molecule has 162 valence electrons. The molecule has 6 heteroatoms. The lowest BCUT2D eigenvalue weighted by molar-refractivity contribution is 0.0693. The van der Waals surface area contributed by atoms with E-state index in [1.807, 2.05) is 30.3 Å². The predicted octanol–water partition coefficient (Wildman–Crippen LogP) is 3.46. The van der Waals surface area contributed by atoms with Crippen LogP contribution < -0.4 is 5.56 Å². The first kappa shape index (κ1) is 21.3. The van der Waals surface area contributed by atoms with E-state index in [0.717, 1.165) is 32.7 Å². The number of benzene rings is 2. The molecule has 0 unspecified atom stereocenters. The Morgan fingerprint density at radius 1 is 0.903 bits per heavy atom. The van der Waals surface area contributed by atoms with Crippen molar-refractivity contribution in [2.75, 3.05) is 32.7 Å². The van der Waals surface area contributed by atoms with E-state index in [1.54, 1.807) is 28.8 Å². The standard InChI is InChI=1S/C25H29N3O3/c1-18(2)16-26-12-14-27(15-13-26)17-22-23(25(30)31)20-10-6-7-11-21(20)24(29)28(22)19-8-4-3-5-9-19/h3-11,18H,12-17H2,1-2H3,(H,30,31). The molecule has 1 aliphatic rings. The molecule has 1 aliphatic heterocycles. The Labute approximate surface area is 182 Å². The summed E-state index contributed by atoms with van der Waals surface area (Å²) in [6.07, 6.45) is 0. The molecule has 0 spiro atoms. The summed E-state index contributed by atoms with van der Waals surface area (Å²) < 4.78 is 1.59. The third-order valence-corrected chi connectivity index (χ3v) is 5.88. The van der Waals surface area contributed by atoms with Crippen molar-refractivity contribution in [3.8, 4) is 5.69 Å². The summed E-state index contributed by atoms with van der Waals surface area (Å²) in [5, 5.41) is 11.1. The van der Waals surface area contributed by atoms with Crippen LogP contribution >= 0.6 is 0 Å². The highest BCUT2D eigenvalue weighted by Crippen LogP contribution is 2.24. The third kappa shape index (κ3) is 4.40. The minimum absolute atomic E-state index is 0.180. The fraction of sp³-hybridized carbons (Fsp3) is 0.360. The largest absolute Gasteiger partial charge is 0.478 e. The van der Waals surface area contributed by atoms with Crippen LogP contribution in [0.3, 0.4) is 0 Å². The highest BCUT2D eigenvalue weighted by atomic mass is 16.4. The molecule has 2 aromatic carbocycles. The number of aromatic carboxylic acids is 1. The molecule has 1 N–H and O–H groups in total. The van der Waals surface area contributed by atoms with Crippen LogP contribution in [0.2, 0.25) is 0 Å². The Hall–Kier alpha value is -2.96. The maximum absolute atomic E-state index is 13.5. The van der Waals surface area contributed by atoms with E-state index in [1.165, 1.54) is 0 Å². The highest BCUT2D eigenvalue weighted by Gasteiger charge is 2.25. The van der Waals surface area contributed by atoms with E-state index in [-0.39, 0.29) is 11.1 Å². The summed E-state index contributed by atoms with van der Waals surface area (Å²) in [6, 6.07) is 16.3. The van der Waals surface area contributed by atoms with E-state index < -0.39 is 5.97 Å². The molecule has 0 atom stereocenters. The number of carboxylic acid groups (broad SMARTS) is 1. The quantitative estimate of drug-likeness (QED) is 0.663. The molecule has 1 aromatic heterocycles. The normalized spacial score (nSPS) is 15.6. The number of fused-ring (bicyclic) bond motifs is 1. The van der Waals surface area contributed by atoms with Gasteiger partial charge in [0.15, 0.2) is 0 Å². The molecule has 0 saturated carbocycles. The minimum atomic E-state index is -1.01. The van der Waals surface area contributed by atoms with Gasteiger partial charge in [-0.3, -0.25) is 14.3 Å². The number of hydrogen-bond donors (Lipinski definition) is 1. The average molecular weight is 420 g/mol. The molecular formula is C25H29N3O3. The minimum Gasteiger partial charge on any atom is -0.478 e. The zero-order valence-electron chi connectivity index (χ0n) is 18.1. The second-order valence-electron chi connectivity index (χ2n) is 8.62. The van der Waals surface area contributed by atoms with Gasteiger partial charge in [0.1, 0.15) is 0 Å². The van der Waals surface area contributed by atoms with Crippen molar-refractivity contribution in [2.45, 2.75) is 20.4 Å². The number of carboxylic acids is 1. The van der Waals surface area contributed by atoms with Gasteiger partial charge < -0.3 is 10.0 Å². The fourth-order valence-electron chi connectivity index (χ4n) is 4.49. The van der Waals surface area contributed by atoms with Crippen molar-refractivity contribution in [3.05, 3.63) is 76.2 Å². The summed E-state index contributed by atoms with van der Waals surface area (Å²) in [5.41, 5.74) is 1.26. The molecule has 0 bridgehead atoms. The first-order chi connectivity index (χ1) is 15.0. The second-order valence-corrected chi connectivity index (χ2v) is 8.62. The first-order valence-electron chi connectivity index (χ1n) is 10.9. The molecule has 31 heavy (non-hydrogen) atoms. The van der Waals surface area contributed by atoms with Crippen LogP contribution in [0, 0.1) is 5.92 Å². The first-order valence-corrected chi connectivity index (χ1v) is 10.9. The number of pyridine rings is 1. The summed E-state index contributed by atoms with van der Waals surface area (Å²) in [5.74, 6) is -0.386. The van der Waals surface area contributed by atoms with Crippen LogP contribution in [0.25, 0.3) is 16.5 Å². The zero-order valence-corrected chi connectivity index (χ0v) is 18.1. The lowest BCUT2D eigenvalue weighted by Gasteiger charge is -2.36. The molecule has 0 radical (unpaired) electrons. The van der Waals surface area contributed by atoms with Gasteiger partial charge in [0.05, 0.1) is 11.3 Å². The Balaban J connectivity index is 1.81. The van der Waals surface area contributed by atoms with Gasteiger partial charge in [-0.1, -0.05) is 50.2 Å². The third-order valence-electron chi connectivity index (χ3n) is 5.88. The number of aromatic nitrogens is 1. The summed E-state index contributed by atoms with van der Waals surface area (Å²) in [4.78, 5) is 30.6. The van der Waals surface area contributed by atoms with Gasteiger partial charge in [-0.2, -0.15) is 0 Å². The lowest BCUT2D eigenvalue weighted by atomic mass is 10.0. The van der Waals surface area contributed by atoms with Gasteiger partial charge in [-0.15, -0.1) is 0 Å². The Kier molecular flexibility index (Phi) is 6.20. The van der Waals surface area contributed by atoms with Crippen LogP contribution in [-0.2, 0) is 6.54 Å². The van der Waals surface area contributed by atoms with Crippen LogP contribution in [-0.4, -0.2) is 58.2 Å². The molecule has 3 aromatic rings. The smallest absolute Gasteiger partial charge is 0.338 e. The van der Waals surface area contributed by atoms with Crippen LogP contribution in [0.5, 0.6) is 0 Å². The van der Waals surface area contributed by atoms with Crippen molar-refractivity contribution >= 4 is 16.7 Å². The number of rotatable bonds is 6. The summed E-state index contributed by atoms with van der Waals surface area (Å²) in [7, 11) is 0. The van der Waals surface area contributed by atoms with Crippen molar-refractivity contribution in [3.63, 3.8) is 0 Å². The monoisotopic (exact) mass is 419 g/mol. The molecule has 1 saturated heterocycles. The highest BCUT2D eigenvalue weighted by molar-refractivity contribution is 6.04. The number of nitrogens with zero attached hydrogens (tertiary/aromatic N) is 3. The summed E-state index contributed by atoms with van der Waals surface area (Å²) in [6.45, 7) is 9.53. The van der Waals surface area contributed by atoms with Crippen molar-refractivity contribution in [2.24, 2.45) is 5.92 Å². The van der Waals surface area contributed by atoms with Gasteiger partial charge in [0, 0.05) is 55.7 Å². The van der Waals surface area contributed by atoms with Crippen LogP contribution in [0.15, 0.2) is 59.4 Å². The molecule has 0 aliphatic carbocycles. The average Bonchev–Trinajstić information content (AvgIpc) is 2.75. The number of piperazine rings is 1. The van der Waals surface area contributed by atoms with E-state index in [9.17, 15) is 14.7 Å². The SMILES string of the molecule is CC(C)CN1CCN(Cc2c(C(=O)O)c3ccccc3c(=O)n2-c2ccccc2)CC1. The molecule has 2 heterocycles. The fourth-order valence-corrected chi connectivity index (χ4v) is 4.49. The topological polar surface area (TPSA) is 65.8 Å². The van der Waals surface area contributed by atoms with E-state index in [2.05, 4.69) is 23.6 Å². The van der Waals surface area contributed by atoms with Gasteiger partial charge >= 0.3 is 5.97 Å². The molecule has 4 rings (SSSR count). The van der Waals surface area contributed by atoms with E-state index in [4.69, 9.17) is 0 Å². The van der Waals surface area contributed by atoms with Crippen molar-refractivity contribution in [1.82, 2.24) is 14.4 Å². The maximum Gasteiger partial charge on any atom is 0.338 e. The predicted molar refractivity (Wildman–Crippen MR) is 123 cm³/mol. The zero-order chi connectivity index (χ0) is 22.0. The second kappa shape index (κ2) is 9.04. The Bertz CT molecular complexity index is 1130. The van der Waals surface area contributed by atoms with Gasteiger partial charge in [0.25, 0.3) is 5.56 Å². The number of para-hydroxylation sites is 1. The number of carbonyl (C=O) groups is 1. The maximum atomic E-state index is 13.5. The molecule has 0 amide bonds. The van der Waals surface area contributed by atoms with Gasteiger partial charge in [0.2, 0.25) is 0 Å². The Morgan fingerprint density at radius 2 is 1.48 bits per heavy atom. The van der Waals surface area contributed by atoms with Crippen molar-refractivity contribution in [1.29, 1.82) is 0 Å². The van der Waals surface area contributed by atoms with Crippen LogP contribution in [0.1, 0.15) is 29.9 Å². The molecular weight excluding hydrogens is 390 g/mol. The number of hydrogen-bond acceptors (Lipinski definition) is 4. The van der Waals surface area contributed by atoms with E-state index in [0.29, 0.717) is 34.6 Å². The van der Waals surface area contributed by atoms with Crippen LogP contribution in [0.4, 0.5) is 0 Å². The molecule has 6 nitrogen and oxygen atoms in total. The van der Waals surface area contributed by atoms with Gasteiger partial charge in [-0.05, 0) is 24.1 Å². The van der Waals surface area contributed by atoms with Gasteiger partial charge in [-0.25, -0.2) is 4.79 Å². The van der Waals surface area contributed by atoms with Crippen molar-refractivity contribution < 1.29 is 9.90 Å².